The van der Waals surface area contributed by atoms with E-state index in [1.165, 1.54) is 0 Å². The zero-order valence-corrected chi connectivity index (χ0v) is 11.6. The molecule has 2 rings (SSSR count). The Morgan fingerprint density at radius 1 is 1.28 bits per heavy atom. The lowest BCUT2D eigenvalue weighted by Gasteiger charge is -2.17. The minimum atomic E-state index is -0.0460. The van der Waals surface area contributed by atoms with Crippen molar-refractivity contribution in [2.45, 2.75) is 32.9 Å². The van der Waals surface area contributed by atoms with Gasteiger partial charge in [-0.1, -0.05) is 28.9 Å². The minimum absolute atomic E-state index is 0.0460. The third-order valence-electron chi connectivity index (χ3n) is 2.56. The summed E-state index contributed by atoms with van der Waals surface area (Å²) in [6.45, 7) is 6.88. The molecule has 0 radical (unpaired) electrons. The van der Waals surface area contributed by atoms with E-state index in [4.69, 9.17) is 11.6 Å². The van der Waals surface area contributed by atoms with Crippen molar-refractivity contribution in [1.29, 1.82) is 0 Å². The van der Waals surface area contributed by atoms with Gasteiger partial charge >= 0.3 is 0 Å². The van der Waals surface area contributed by atoms with Crippen LogP contribution in [0, 0.1) is 0 Å². The molecular weight excluding hydrogens is 248 g/mol. The second-order valence-corrected chi connectivity index (χ2v) is 5.57. The van der Waals surface area contributed by atoms with Crippen LogP contribution in [0.4, 0.5) is 5.69 Å². The summed E-state index contributed by atoms with van der Waals surface area (Å²) in [4.78, 5) is 0. The van der Waals surface area contributed by atoms with E-state index in [1.54, 1.807) is 0 Å². The van der Waals surface area contributed by atoms with Gasteiger partial charge in [-0.25, -0.2) is 4.68 Å². The van der Waals surface area contributed by atoms with E-state index in [-0.39, 0.29) is 5.54 Å². The molecule has 0 saturated carbocycles. The van der Waals surface area contributed by atoms with Crippen LogP contribution in [0.2, 0.25) is 5.02 Å². The molecule has 1 aromatic heterocycles. The van der Waals surface area contributed by atoms with Crippen LogP contribution in [0.5, 0.6) is 0 Å². The highest BCUT2D eigenvalue weighted by Gasteiger charge is 2.14. The first-order valence-corrected chi connectivity index (χ1v) is 6.25. The summed E-state index contributed by atoms with van der Waals surface area (Å²) < 4.78 is 1.86. The normalized spacial score (nSPS) is 11.6. The van der Waals surface area contributed by atoms with Gasteiger partial charge in [0.2, 0.25) is 0 Å². The first kappa shape index (κ1) is 12.9. The second-order valence-electron chi connectivity index (χ2n) is 5.16. The van der Waals surface area contributed by atoms with Gasteiger partial charge in [0.25, 0.3) is 0 Å². The molecule has 0 fully saturated rings. The monoisotopic (exact) mass is 264 g/mol. The van der Waals surface area contributed by atoms with Crippen molar-refractivity contribution in [3.8, 4) is 0 Å². The molecular formula is C13H17ClN4. The van der Waals surface area contributed by atoms with Gasteiger partial charge in [-0.3, -0.25) is 0 Å². The van der Waals surface area contributed by atoms with Crippen molar-refractivity contribution in [3.05, 3.63) is 41.2 Å². The van der Waals surface area contributed by atoms with E-state index in [0.717, 1.165) is 11.4 Å². The number of benzene rings is 1. The second kappa shape index (κ2) is 4.98. The van der Waals surface area contributed by atoms with Gasteiger partial charge in [-0.2, -0.15) is 0 Å². The molecule has 0 aliphatic carbocycles. The van der Waals surface area contributed by atoms with Crippen molar-refractivity contribution in [2.75, 3.05) is 5.32 Å². The highest BCUT2D eigenvalue weighted by atomic mass is 35.5. The van der Waals surface area contributed by atoms with E-state index in [1.807, 2.05) is 35.1 Å². The summed E-state index contributed by atoms with van der Waals surface area (Å²) >= 11 is 6.06. The number of hydrogen-bond donors (Lipinski definition) is 1. The number of para-hydroxylation sites is 1. The average Bonchev–Trinajstić information content (AvgIpc) is 2.76. The van der Waals surface area contributed by atoms with Crippen molar-refractivity contribution < 1.29 is 0 Å². The predicted octanol–water partition coefficient (Wildman–Crippen LogP) is 3.30. The van der Waals surface area contributed by atoms with Crippen LogP contribution in [-0.2, 0) is 12.1 Å². The summed E-state index contributed by atoms with van der Waals surface area (Å²) in [5, 5.41) is 12.2. The molecule has 0 saturated heterocycles. The fourth-order valence-electron chi connectivity index (χ4n) is 1.50. The van der Waals surface area contributed by atoms with E-state index in [2.05, 4.69) is 36.4 Å². The summed E-state index contributed by atoms with van der Waals surface area (Å²) in [6.07, 6.45) is 1.95. The van der Waals surface area contributed by atoms with Gasteiger partial charge in [-0.15, -0.1) is 5.10 Å². The van der Waals surface area contributed by atoms with Crippen LogP contribution >= 0.6 is 11.6 Å². The average molecular weight is 265 g/mol. The summed E-state index contributed by atoms with van der Waals surface area (Å²) in [5.41, 5.74) is 1.75. The third-order valence-corrected chi connectivity index (χ3v) is 2.89. The number of rotatable bonds is 3. The van der Waals surface area contributed by atoms with Gasteiger partial charge in [-0.05, 0) is 32.9 Å². The topological polar surface area (TPSA) is 42.7 Å². The molecule has 0 bridgehead atoms. The Morgan fingerprint density at radius 2 is 2.00 bits per heavy atom. The SMILES string of the molecule is CC(C)(C)n1cc(CNc2ccccc2Cl)nn1. The highest BCUT2D eigenvalue weighted by Crippen LogP contribution is 2.21. The number of anilines is 1. The zero-order chi connectivity index (χ0) is 13.2. The van der Waals surface area contributed by atoms with Crippen molar-refractivity contribution in [2.24, 2.45) is 0 Å². The molecule has 2 aromatic rings. The fourth-order valence-corrected chi connectivity index (χ4v) is 1.70. The maximum atomic E-state index is 6.06. The summed E-state index contributed by atoms with van der Waals surface area (Å²) in [7, 11) is 0. The van der Waals surface area contributed by atoms with Crippen LogP contribution in [0.1, 0.15) is 26.5 Å². The Hall–Kier alpha value is -1.55. The minimum Gasteiger partial charge on any atom is -0.378 e. The van der Waals surface area contributed by atoms with Crippen LogP contribution in [0.25, 0.3) is 0 Å². The van der Waals surface area contributed by atoms with Crippen molar-refractivity contribution in [1.82, 2.24) is 15.0 Å². The number of nitrogens with one attached hydrogen (secondary N) is 1. The van der Waals surface area contributed by atoms with Crippen LogP contribution in [0.15, 0.2) is 30.5 Å². The molecule has 1 heterocycles. The van der Waals surface area contributed by atoms with Crippen LogP contribution in [-0.4, -0.2) is 15.0 Å². The molecule has 96 valence electrons. The number of halogens is 1. The van der Waals surface area contributed by atoms with Gasteiger partial charge in [0.15, 0.2) is 0 Å². The van der Waals surface area contributed by atoms with E-state index >= 15 is 0 Å². The Bertz CT molecular complexity index is 528. The van der Waals surface area contributed by atoms with E-state index in [0.29, 0.717) is 11.6 Å². The van der Waals surface area contributed by atoms with E-state index < -0.39 is 0 Å². The molecule has 1 aromatic carbocycles. The molecule has 0 atom stereocenters. The van der Waals surface area contributed by atoms with Gasteiger partial charge in [0.1, 0.15) is 5.69 Å². The van der Waals surface area contributed by atoms with Gasteiger partial charge in [0, 0.05) is 0 Å². The molecule has 18 heavy (non-hydrogen) atoms. The fraction of sp³-hybridized carbons (Fsp3) is 0.385. The first-order chi connectivity index (χ1) is 8.47. The summed E-state index contributed by atoms with van der Waals surface area (Å²) in [5.74, 6) is 0. The largest absolute Gasteiger partial charge is 0.378 e. The number of nitrogens with zero attached hydrogens (tertiary/aromatic N) is 3. The zero-order valence-electron chi connectivity index (χ0n) is 10.8. The molecule has 0 amide bonds. The molecule has 0 aliphatic heterocycles. The van der Waals surface area contributed by atoms with Gasteiger partial charge in [0.05, 0.1) is 29.0 Å². The third kappa shape index (κ3) is 3.01. The molecule has 1 N–H and O–H groups in total. The number of hydrogen-bond acceptors (Lipinski definition) is 3. The maximum Gasteiger partial charge on any atom is 0.102 e. The van der Waals surface area contributed by atoms with Crippen LogP contribution in [0.3, 0.4) is 0 Å². The first-order valence-electron chi connectivity index (χ1n) is 5.87. The number of aromatic nitrogens is 3. The predicted molar refractivity (Wildman–Crippen MR) is 73.8 cm³/mol. The maximum absolute atomic E-state index is 6.06. The molecule has 5 heteroatoms. The van der Waals surface area contributed by atoms with Crippen molar-refractivity contribution in [3.63, 3.8) is 0 Å². The Kier molecular flexibility index (Phi) is 3.57. The lowest BCUT2D eigenvalue weighted by atomic mass is 10.1. The Morgan fingerprint density at radius 3 is 2.61 bits per heavy atom. The quantitative estimate of drug-likeness (QED) is 0.925. The Labute approximate surface area is 112 Å². The molecule has 0 aliphatic rings. The van der Waals surface area contributed by atoms with Crippen molar-refractivity contribution >= 4 is 17.3 Å². The highest BCUT2D eigenvalue weighted by molar-refractivity contribution is 6.33. The molecule has 0 unspecified atom stereocenters. The molecule has 4 nitrogen and oxygen atoms in total. The van der Waals surface area contributed by atoms with E-state index in [9.17, 15) is 0 Å². The van der Waals surface area contributed by atoms with Gasteiger partial charge < -0.3 is 5.32 Å². The lowest BCUT2D eigenvalue weighted by Crippen LogP contribution is -2.22. The summed E-state index contributed by atoms with van der Waals surface area (Å²) in [6, 6.07) is 7.65. The smallest absolute Gasteiger partial charge is 0.102 e. The van der Waals surface area contributed by atoms with Crippen LogP contribution < -0.4 is 5.32 Å². The lowest BCUT2D eigenvalue weighted by molar-refractivity contribution is 0.347. The Balaban J connectivity index is 2.03. The standard InChI is InChI=1S/C13H17ClN4/c1-13(2,3)18-9-10(16-17-18)8-15-12-7-5-4-6-11(12)14/h4-7,9,15H,8H2,1-3H3. The molecule has 0 spiro atoms.